The van der Waals surface area contributed by atoms with Crippen LogP contribution in [0.2, 0.25) is 0 Å². The van der Waals surface area contributed by atoms with E-state index in [1.165, 1.54) is 10.4 Å². The highest BCUT2D eigenvalue weighted by Gasteiger charge is 2.27. The molecule has 0 aliphatic carbocycles. The van der Waals surface area contributed by atoms with E-state index in [2.05, 4.69) is 5.32 Å². The van der Waals surface area contributed by atoms with Crippen molar-refractivity contribution < 1.29 is 22.7 Å². The average Bonchev–Trinajstić information content (AvgIpc) is 3.25. The number of hydrogen-bond donors (Lipinski definition) is 1. The monoisotopic (exact) mass is 428 g/mol. The summed E-state index contributed by atoms with van der Waals surface area (Å²) in [5.74, 6) is 1.02. The molecule has 0 unspecified atom stereocenters. The van der Waals surface area contributed by atoms with Crippen molar-refractivity contribution in [3.8, 4) is 11.5 Å². The minimum Gasteiger partial charge on any atom is -0.454 e. The van der Waals surface area contributed by atoms with E-state index in [1.807, 2.05) is 6.07 Å². The van der Waals surface area contributed by atoms with Gasteiger partial charge in [0.25, 0.3) is 0 Å². The molecule has 158 valence electrons. The number of nitrogens with one attached hydrogen (secondary N) is 1. The van der Waals surface area contributed by atoms with E-state index in [4.69, 9.17) is 9.47 Å². The highest BCUT2D eigenvalue weighted by atomic mass is 32.2. The van der Waals surface area contributed by atoms with Crippen molar-refractivity contribution >= 4 is 22.0 Å². The van der Waals surface area contributed by atoms with Gasteiger partial charge in [-0.2, -0.15) is 4.31 Å². The molecule has 0 aromatic heterocycles. The van der Waals surface area contributed by atoms with Crippen LogP contribution < -0.4 is 14.8 Å². The molecule has 0 saturated carbocycles. The molecule has 1 N–H and O–H groups in total. The van der Waals surface area contributed by atoms with Crippen LogP contribution in [0.4, 0.5) is 0 Å². The number of carbonyl (C=O) groups excluding carboxylic acids is 1. The molecular weight excluding hydrogens is 404 g/mol. The zero-order valence-corrected chi connectivity index (χ0v) is 17.4. The van der Waals surface area contributed by atoms with Crippen molar-refractivity contribution in [1.82, 2.24) is 9.62 Å². The van der Waals surface area contributed by atoms with Crippen molar-refractivity contribution in [2.75, 3.05) is 19.9 Å². The molecule has 0 radical (unpaired) electrons. The summed E-state index contributed by atoms with van der Waals surface area (Å²) < 4.78 is 38.2. The molecule has 2 heterocycles. The third-order valence-corrected chi connectivity index (χ3v) is 7.18. The number of ether oxygens (including phenoxy) is 2. The second-order valence-electron chi connectivity index (χ2n) is 7.24. The molecule has 30 heavy (non-hydrogen) atoms. The summed E-state index contributed by atoms with van der Waals surface area (Å²) >= 11 is 0. The van der Waals surface area contributed by atoms with Gasteiger partial charge in [0.05, 0.1) is 4.90 Å². The fourth-order valence-electron chi connectivity index (χ4n) is 3.58. The third kappa shape index (κ3) is 4.49. The van der Waals surface area contributed by atoms with Crippen molar-refractivity contribution in [2.24, 2.45) is 0 Å². The highest BCUT2D eigenvalue weighted by Crippen LogP contribution is 2.32. The highest BCUT2D eigenvalue weighted by molar-refractivity contribution is 7.89. The smallest absolute Gasteiger partial charge is 0.244 e. The molecule has 1 amide bonds. The predicted molar refractivity (Wildman–Crippen MR) is 112 cm³/mol. The maximum atomic E-state index is 13.0. The Morgan fingerprint density at radius 1 is 1.03 bits per heavy atom. The number of fused-ring (bicyclic) bond motifs is 1. The number of amides is 1. The van der Waals surface area contributed by atoms with Gasteiger partial charge in [-0.1, -0.05) is 30.7 Å². The summed E-state index contributed by atoms with van der Waals surface area (Å²) in [6.45, 7) is 1.42. The van der Waals surface area contributed by atoms with Crippen LogP contribution in [-0.4, -0.2) is 38.5 Å². The first-order valence-corrected chi connectivity index (χ1v) is 11.4. The molecule has 8 heteroatoms. The molecule has 7 nitrogen and oxygen atoms in total. The third-order valence-electron chi connectivity index (χ3n) is 5.18. The lowest BCUT2D eigenvalue weighted by molar-refractivity contribution is -0.116. The summed E-state index contributed by atoms with van der Waals surface area (Å²) in [4.78, 5) is 12.5. The van der Waals surface area contributed by atoms with E-state index in [-0.39, 0.29) is 24.1 Å². The molecule has 2 aromatic rings. The molecule has 1 saturated heterocycles. The molecule has 1 fully saturated rings. The molecule has 2 aromatic carbocycles. The largest absolute Gasteiger partial charge is 0.454 e. The lowest BCUT2D eigenvalue weighted by Crippen LogP contribution is -2.36. The summed E-state index contributed by atoms with van der Waals surface area (Å²) in [5, 5.41) is 2.77. The van der Waals surface area contributed by atoms with Gasteiger partial charge in [0, 0.05) is 25.7 Å². The van der Waals surface area contributed by atoms with Crippen molar-refractivity contribution in [3.05, 3.63) is 59.7 Å². The molecule has 0 bridgehead atoms. The quantitative estimate of drug-likeness (QED) is 0.715. The maximum Gasteiger partial charge on any atom is 0.244 e. The van der Waals surface area contributed by atoms with Gasteiger partial charge >= 0.3 is 0 Å². The Morgan fingerprint density at radius 2 is 1.80 bits per heavy atom. The molecule has 4 rings (SSSR count). The topological polar surface area (TPSA) is 84.9 Å². The molecule has 0 atom stereocenters. The molecular formula is C22H24N2O5S. The van der Waals surface area contributed by atoms with Crippen LogP contribution in [0.15, 0.2) is 53.4 Å². The number of piperidine rings is 1. The maximum absolute atomic E-state index is 13.0. The Morgan fingerprint density at radius 3 is 2.63 bits per heavy atom. The number of nitrogens with zero attached hydrogens (tertiary/aromatic N) is 1. The minimum atomic E-state index is -3.56. The van der Waals surface area contributed by atoms with E-state index in [1.54, 1.807) is 42.5 Å². The van der Waals surface area contributed by atoms with E-state index < -0.39 is 10.0 Å². The van der Waals surface area contributed by atoms with Crippen LogP contribution in [0.3, 0.4) is 0 Å². The average molecular weight is 429 g/mol. The second-order valence-corrected chi connectivity index (χ2v) is 9.14. The number of rotatable bonds is 6. The van der Waals surface area contributed by atoms with Gasteiger partial charge in [-0.25, -0.2) is 8.42 Å². The van der Waals surface area contributed by atoms with E-state index in [0.717, 1.165) is 24.8 Å². The van der Waals surface area contributed by atoms with Gasteiger partial charge in [0.15, 0.2) is 11.5 Å². The van der Waals surface area contributed by atoms with Crippen molar-refractivity contribution in [3.63, 3.8) is 0 Å². The number of sulfonamides is 1. The summed E-state index contributed by atoms with van der Waals surface area (Å²) in [5.41, 5.74) is 1.38. The molecule has 2 aliphatic rings. The van der Waals surface area contributed by atoms with Gasteiger partial charge in [-0.15, -0.1) is 0 Å². The summed E-state index contributed by atoms with van der Waals surface area (Å²) in [6, 6.07) is 12.2. The van der Waals surface area contributed by atoms with E-state index >= 15 is 0 Å². The Balaban J connectivity index is 1.42. The lowest BCUT2D eigenvalue weighted by atomic mass is 10.2. The SMILES string of the molecule is O=C(/C=C\c1ccc2c(c1)OCO2)NCc1ccccc1S(=O)(=O)N1CCCCC1. The van der Waals surface area contributed by atoms with Gasteiger partial charge in [-0.3, -0.25) is 4.79 Å². The number of carbonyl (C=O) groups is 1. The van der Waals surface area contributed by atoms with Crippen LogP contribution in [-0.2, 0) is 21.4 Å². The zero-order chi connectivity index (χ0) is 21.0. The van der Waals surface area contributed by atoms with Crippen LogP contribution in [0, 0.1) is 0 Å². The zero-order valence-electron chi connectivity index (χ0n) is 16.5. The van der Waals surface area contributed by atoms with Gasteiger partial charge < -0.3 is 14.8 Å². The summed E-state index contributed by atoms with van der Waals surface area (Å²) in [7, 11) is -3.56. The number of benzene rings is 2. The van der Waals surface area contributed by atoms with Crippen LogP contribution in [0.1, 0.15) is 30.4 Å². The van der Waals surface area contributed by atoms with Gasteiger partial charge in [0.2, 0.25) is 22.7 Å². The first-order valence-electron chi connectivity index (χ1n) is 9.98. The second kappa shape index (κ2) is 8.89. The first kappa shape index (κ1) is 20.4. The predicted octanol–water partition coefficient (Wildman–Crippen LogP) is 2.92. The molecule has 0 spiro atoms. The first-order chi connectivity index (χ1) is 14.5. The summed E-state index contributed by atoms with van der Waals surface area (Å²) in [6.07, 6.45) is 5.90. The van der Waals surface area contributed by atoms with Crippen LogP contribution in [0.5, 0.6) is 11.5 Å². The lowest BCUT2D eigenvalue weighted by Gasteiger charge is -2.26. The van der Waals surface area contributed by atoms with Gasteiger partial charge in [-0.05, 0) is 48.2 Å². The van der Waals surface area contributed by atoms with Crippen molar-refractivity contribution in [1.29, 1.82) is 0 Å². The Bertz CT molecular complexity index is 1060. The Labute approximate surface area is 176 Å². The standard InChI is InChI=1S/C22H24N2O5S/c25-22(11-9-17-8-10-19-20(14-17)29-16-28-19)23-15-18-6-2-3-7-21(18)30(26,27)24-12-4-1-5-13-24/h2-3,6-11,14H,1,4-5,12-13,15-16H2,(H,23,25)/b11-9-. The fourth-order valence-corrected chi connectivity index (χ4v) is 5.32. The molecule has 2 aliphatic heterocycles. The van der Waals surface area contributed by atoms with Crippen LogP contribution in [0.25, 0.3) is 6.08 Å². The Kier molecular flexibility index (Phi) is 6.06. The van der Waals surface area contributed by atoms with Crippen molar-refractivity contribution in [2.45, 2.75) is 30.7 Å². The Hall–Kier alpha value is -2.84. The van der Waals surface area contributed by atoms with Gasteiger partial charge in [0.1, 0.15) is 0 Å². The number of hydrogen-bond acceptors (Lipinski definition) is 5. The normalized spacial score (nSPS) is 16.7. The minimum absolute atomic E-state index is 0.132. The van der Waals surface area contributed by atoms with E-state index in [9.17, 15) is 13.2 Å². The fraction of sp³-hybridized carbons (Fsp3) is 0.318. The van der Waals surface area contributed by atoms with E-state index in [0.29, 0.717) is 30.2 Å². The van der Waals surface area contributed by atoms with Crippen LogP contribution >= 0.6 is 0 Å².